The summed E-state index contributed by atoms with van der Waals surface area (Å²) < 4.78 is 28.7. The van der Waals surface area contributed by atoms with Gasteiger partial charge in [-0.15, -0.1) is 0 Å². The van der Waals surface area contributed by atoms with Gasteiger partial charge in [0.1, 0.15) is 12.4 Å². The zero-order chi connectivity index (χ0) is 18.7. The summed E-state index contributed by atoms with van der Waals surface area (Å²) >= 11 is 5.87. The summed E-state index contributed by atoms with van der Waals surface area (Å²) in [6.45, 7) is 0.880. The lowest BCUT2D eigenvalue weighted by atomic mass is 10.1. The number of carbonyl (C=O) groups excluding carboxylic acids is 2. The Kier molecular flexibility index (Phi) is 5.72. The van der Waals surface area contributed by atoms with E-state index in [0.29, 0.717) is 23.7 Å². The molecule has 0 unspecified atom stereocenters. The maximum Gasteiger partial charge on any atom is 0.225 e. The highest BCUT2D eigenvalue weighted by molar-refractivity contribution is 7.91. The van der Waals surface area contributed by atoms with Crippen molar-refractivity contribution in [2.75, 3.05) is 31.2 Å². The van der Waals surface area contributed by atoms with Crippen molar-refractivity contribution in [2.24, 2.45) is 5.92 Å². The minimum absolute atomic E-state index is 0.000550. The van der Waals surface area contributed by atoms with Crippen LogP contribution < -0.4 is 10.1 Å². The lowest BCUT2D eigenvalue weighted by Gasteiger charge is -2.22. The van der Waals surface area contributed by atoms with E-state index in [4.69, 9.17) is 16.3 Å². The molecule has 0 spiro atoms. The molecular weight excluding hydrogens is 380 g/mol. The number of amides is 2. The van der Waals surface area contributed by atoms with Crippen LogP contribution in [0.3, 0.4) is 0 Å². The standard InChI is InChI=1S/C17H21ClN2O5S/c18-13-2-1-3-15(9-13)25-6-5-19-17(22)12-8-16(21)20(10-12)14-4-7-26(23,24)11-14/h1-3,9,12,14H,4-8,10-11H2,(H,19,22)/t12-,14+/m0/s1. The van der Waals surface area contributed by atoms with E-state index in [-0.39, 0.29) is 48.9 Å². The fourth-order valence-corrected chi connectivity index (χ4v) is 5.24. The van der Waals surface area contributed by atoms with Crippen LogP contribution in [0, 0.1) is 5.92 Å². The Morgan fingerprint density at radius 3 is 2.88 bits per heavy atom. The van der Waals surface area contributed by atoms with Gasteiger partial charge in [-0.25, -0.2) is 8.42 Å². The third kappa shape index (κ3) is 4.67. The number of carbonyl (C=O) groups is 2. The van der Waals surface area contributed by atoms with Crippen molar-refractivity contribution < 1.29 is 22.7 Å². The minimum Gasteiger partial charge on any atom is -0.492 e. The number of hydrogen-bond donors (Lipinski definition) is 1. The molecule has 26 heavy (non-hydrogen) atoms. The number of nitrogens with zero attached hydrogens (tertiary/aromatic N) is 1. The van der Waals surface area contributed by atoms with Gasteiger partial charge in [0.2, 0.25) is 11.8 Å². The molecule has 3 rings (SSSR count). The zero-order valence-electron chi connectivity index (χ0n) is 14.2. The van der Waals surface area contributed by atoms with E-state index in [1.807, 2.05) is 0 Å². The lowest BCUT2D eigenvalue weighted by molar-refractivity contribution is -0.130. The molecule has 7 nitrogen and oxygen atoms in total. The predicted molar refractivity (Wildman–Crippen MR) is 96.8 cm³/mol. The van der Waals surface area contributed by atoms with Crippen LogP contribution in [0.2, 0.25) is 5.02 Å². The van der Waals surface area contributed by atoms with Gasteiger partial charge in [0.15, 0.2) is 9.84 Å². The predicted octanol–water partition coefficient (Wildman–Crippen LogP) is 0.871. The van der Waals surface area contributed by atoms with Gasteiger partial charge in [0, 0.05) is 24.0 Å². The summed E-state index contributed by atoms with van der Waals surface area (Å²) in [5, 5.41) is 3.34. The van der Waals surface area contributed by atoms with Crippen LogP contribution in [-0.4, -0.2) is 62.4 Å². The minimum atomic E-state index is -3.06. The molecule has 9 heteroatoms. The Morgan fingerprint density at radius 1 is 1.38 bits per heavy atom. The summed E-state index contributed by atoms with van der Waals surface area (Å²) in [6, 6.07) is 6.69. The Bertz CT molecular complexity index is 798. The molecule has 2 atom stereocenters. The van der Waals surface area contributed by atoms with Gasteiger partial charge in [-0.1, -0.05) is 17.7 Å². The number of rotatable bonds is 6. The number of hydrogen-bond acceptors (Lipinski definition) is 5. The topological polar surface area (TPSA) is 92.8 Å². The maximum atomic E-state index is 12.3. The van der Waals surface area contributed by atoms with Gasteiger partial charge >= 0.3 is 0 Å². The highest BCUT2D eigenvalue weighted by Crippen LogP contribution is 2.26. The molecule has 142 valence electrons. The second kappa shape index (κ2) is 7.84. The van der Waals surface area contributed by atoms with Gasteiger partial charge < -0.3 is 15.0 Å². The van der Waals surface area contributed by atoms with E-state index >= 15 is 0 Å². The smallest absolute Gasteiger partial charge is 0.225 e. The zero-order valence-corrected chi connectivity index (χ0v) is 15.8. The number of ether oxygens (including phenoxy) is 1. The molecule has 1 aromatic carbocycles. The second-order valence-corrected chi connectivity index (χ2v) is 9.27. The van der Waals surface area contributed by atoms with Crippen LogP contribution in [0.15, 0.2) is 24.3 Å². The fourth-order valence-electron chi connectivity index (χ4n) is 3.33. The number of nitrogens with one attached hydrogen (secondary N) is 1. The van der Waals surface area contributed by atoms with Crippen LogP contribution in [0.1, 0.15) is 12.8 Å². The molecule has 0 aliphatic carbocycles. The van der Waals surface area contributed by atoms with Crippen molar-refractivity contribution >= 4 is 33.3 Å². The first-order valence-corrected chi connectivity index (χ1v) is 10.7. The fraction of sp³-hybridized carbons (Fsp3) is 0.529. The van der Waals surface area contributed by atoms with Crippen molar-refractivity contribution in [1.29, 1.82) is 0 Å². The second-order valence-electron chi connectivity index (χ2n) is 6.60. The number of sulfone groups is 1. The van der Waals surface area contributed by atoms with E-state index in [1.54, 1.807) is 29.2 Å². The molecule has 2 heterocycles. The van der Waals surface area contributed by atoms with Crippen LogP contribution in [-0.2, 0) is 19.4 Å². The van der Waals surface area contributed by atoms with Crippen molar-refractivity contribution in [3.8, 4) is 5.75 Å². The lowest BCUT2D eigenvalue weighted by Crippen LogP contribution is -2.39. The molecule has 1 aromatic rings. The Balaban J connectivity index is 1.43. The summed E-state index contributed by atoms with van der Waals surface area (Å²) in [5.41, 5.74) is 0. The Hall–Kier alpha value is -1.80. The third-order valence-electron chi connectivity index (χ3n) is 4.64. The largest absolute Gasteiger partial charge is 0.492 e. The van der Waals surface area contributed by atoms with Crippen LogP contribution in [0.5, 0.6) is 5.75 Å². The third-order valence-corrected chi connectivity index (χ3v) is 6.63. The summed E-state index contributed by atoms with van der Waals surface area (Å²) in [4.78, 5) is 26.0. The molecule has 2 saturated heterocycles. The van der Waals surface area contributed by atoms with E-state index in [9.17, 15) is 18.0 Å². The average Bonchev–Trinajstić information content (AvgIpc) is 3.13. The Labute approximate surface area is 157 Å². The SMILES string of the molecule is O=C(NCCOc1cccc(Cl)c1)[C@H]1CC(=O)N([C@@H]2CCS(=O)(=O)C2)C1. The maximum absolute atomic E-state index is 12.3. The van der Waals surface area contributed by atoms with Crippen LogP contribution >= 0.6 is 11.6 Å². The summed E-state index contributed by atoms with van der Waals surface area (Å²) in [6.07, 6.45) is 0.577. The molecule has 2 amide bonds. The van der Waals surface area contributed by atoms with E-state index < -0.39 is 15.8 Å². The van der Waals surface area contributed by atoms with Gasteiger partial charge in [-0.2, -0.15) is 0 Å². The molecule has 1 N–H and O–H groups in total. The Morgan fingerprint density at radius 2 is 2.19 bits per heavy atom. The van der Waals surface area contributed by atoms with Crippen molar-refractivity contribution in [3.05, 3.63) is 29.3 Å². The quantitative estimate of drug-likeness (QED) is 0.715. The van der Waals surface area contributed by atoms with Gasteiger partial charge in [0.05, 0.1) is 24.0 Å². The van der Waals surface area contributed by atoms with Gasteiger partial charge in [0.25, 0.3) is 0 Å². The van der Waals surface area contributed by atoms with Crippen LogP contribution in [0.25, 0.3) is 0 Å². The monoisotopic (exact) mass is 400 g/mol. The molecule has 0 aromatic heterocycles. The first-order chi connectivity index (χ1) is 12.3. The molecule has 2 fully saturated rings. The van der Waals surface area contributed by atoms with E-state index in [0.717, 1.165) is 0 Å². The first-order valence-electron chi connectivity index (χ1n) is 8.50. The van der Waals surface area contributed by atoms with E-state index in [2.05, 4.69) is 5.32 Å². The van der Waals surface area contributed by atoms with Gasteiger partial charge in [-0.3, -0.25) is 9.59 Å². The highest BCUT2D eigenvalue weighted by Gasteiger charge is 2.41. The van der Waals surface area contributed by atoms with Crippen molar-refractivity contribution in [3.63, 3.8) is 0 Å². The molecule has 0 radical (unpaired) electrons. The van der Waals surface area contributed by atoms with Crippen molar-refractivity contribution in [2.45, 2.75) is 18.9 Å². The summed E-state index contributed by atoms with van der Waals surface area (Å²) in [5.74, 6) is -0.0769. The molecule has 2 aliphatic heterocycles. The number of benzene rings is 1. The number of halogens is 1. The first kappa shape index (κ1) is 19.0. The summed E-state index contributed by atoms with van der Waals surface area (Å²) in [7, 11) is -3.06. The average molecular weight is 401 g/mol. The van der Waals surface area contributed by atoms with Gasteiger partial charge in [-0.05, 0) is 24.6 Å². The normalized spacial score (nSPS) is 24.7. The molecule has 0 saturated carbocycles. The number of likely N-dealkylation sites (tertiary alicyclic amines) is 1. The van der Waals surface area contributed by atoms with Crippen LogP contribution in [0.4, 0.5) is 0 Å². The molecular formula is C17H21ClN2O5S. The molecule has 0 bridgehead atoms. The molecule has 2 aliphatic rings. The highest BCUT2D eigenvalue weighted by atomic mass is 35.5. The van der Waals surface area contributed by atoms with E-state index in [1.165, 1.54) is 0 Å². The van der Waals surface area contributed by atoms with Crippen molar-refractivity contribution in [1.82, 2.24) is 10.2 Å².